The van der Waals surface area contributed by atoms with Crippen molar-refractivity contribution in [2.24, 2.45) is 4.99 Å². The van der Waals surface area contributed by atoms with Gasteiger partial charge in [0.25, 0.3) is 0 Å². The van der Waals surface area contributed by atoms with Crippen LogP contribution >= 0.6 is 0 Å². The van der Waals surface area contributed by atoms with Crippen molar-refractivity contribution >= 4 is 5.71 Å². The SMILES string of the molecule is C=C/C=C(\C=C(/CC)C1=C(C)C=CCCC1)C(=C)N=C(C)C1=CCCC=C1. The van der Waals surface area contributed by atoms with Crippen molar-refractivity contribution in [3.63, 3.8) is 0 Å². The van der Waals surface area contributed by atoms with Crippen LogP contribution in [0.1, 0.15) is 59.3 Å². The highest BCUT2D eigenvalue weighted by Crippen LogP contribution is 2.29. The molecule has 2 aliphatic rings. The monoisotopic (exact) mass is 359 g/mol. The van der Waals surface area contributed by atoms with Crippen LogP contribution in [0.15, 0.2) is 100 Å². The third kappa shape index (κ3) is 6.06. The first-order chi connectivity index (χ1) is 13.1. The van der Waals surface area contributed by atoms with Gasteiger partial charge in [-0.15, -0.1) is 0 Å². The summed E-state index contributed by atoms with van der Waals surface area (Å²) in [5.41, 5.74) is 8.26. The third-order valence-corrected chi connectivity index (χ3v) is 5.09. The zero-order valence-corrected chi connectivity index (χ0v) is 17.2. The molecule has 0 fully saturated rings. The molecular weight excluding hydrogens is 326 g/mol. The summed E-state index contributed by atoms with van der Waals surface area (Å²) in [7, 11) is 0. The lowest BCUT2D eigenvalue weighted by molar-refractivity contribution is 0.833. The maximum Gasteiger partial charge on any atom is 0.0633 e. The molecule has 27 heavy (non-hydrogen) atoms. The minimum atomic E-state index is 0.792. The molecule has 2 rings (SSSR count). The third-order valence-electron chi connectivity index (χ3n) is 5.09. The van der Waals surface area contributed by atoms with Crippen molar-refractivity contribution in [2.45, 2.75) is 59.3 Å². The van der Waals surface area contributed by atoms with Crippen molar-refractivity contribution < 1.29 is 0 Å². The van der Waals surface area contributed by atoms with Gasteiger partial charge in [0, 0.05) is 5.71 Å². The Morgan fingerprint density at radius 3 is 2.63 bits per heavy atom. The molecule has 0 N–H and O–H groups in total. The van der Waals surface area contributed by atoms with Gasteiger partial charge in [0.05, 0.1) is 5.70 Å². The zero-order valence-electron chi connectivity index (χ0n) is 17.2. The molecule has 0 aromatic carbocycles. The number of allylic oxidation sites excluding steroid dienone is 12. The van der Waals surface area contributed by atoms with Gasteiger partial charge in [-0.05, 0) is 86.3 Å². The fourth-order valence-corrected chi connectivity index (χ4v) is 3.53. The molecule has 0 aromatic rings. The Hall–Kier alpha value is -2.41. The Morgan fingerprint density at radius 1 is 1.19 bits per heavy atom. The maximum atomic E-state index is 4.80. The van der Waals surface area contributed by atoms with Crippen LogP contribution in [0.2, 0.25) is 0 Å². The van der Waals surface area contributed by atoms with E-state index in [1.807, 2.05) is 12.2 Å². The first-order valence-electron chi connectivity index (χ1n) is 10.1. The lowest BCUT2D eigenvalue weighted by Crippen LogP contribution is -1.99. The molecule has 0 atom stereocenters. The summed E-state index contributed by atoms with van der Waals surface area (Å²) in [5.74, 6) is 0. The quantitative estimate of drug-likeness (QED) is 0.325. The van der Waals surface area contributed by atoms with Crippen molar-refractivity contribution in [3.8, 4) is 0 Å². The number of hydrogen-bond donors (Lipinski definition) is 0. The molecule has 0 aromatic heterocycles. The lowest BCUT2D eigenvalue weighted by atomic mass is 9.93. The highest BCUT2D eigenvalue weighted by atomic mass is 14.8. The topological polar surface area (TPSA) is 12.4 Å². The van der Waals surface area contributed by atoms with E-state index >= 15 is 0 Å². The van der Waals surface area contributed by atoms with E-state index in [0.29, 0.717) is 0 Å². The molecule has 0 saturated carbocycles. The van der Waals surface area contributed by atoms with Gasteiger partial charge in [-0.25, -0.2) is 0 Å². The molecule has 2 aliphatic carbocycles. The van der Waals surface area contributed by atoms with E-state index < -0.39 is 0 Å². The first kappa shape index (κ1) is 20.9. The van der Waals surface area contributed by atoms with E-state index in [4.69, 9.17) is 4.99 Å². The van der Waals surface area contributed by atoms with E-state index in [0.717, 1.165) is 49.1 Å². The van der Waals surface area contributed by atoms with Crippen LogP contribution in [0.25, 0.3) is 0 Å². The minimum Gasteiger partial charge on any atom is -0.253 e. The van der Waals surface area contributed by atoms with Crippen molar-refractivity contribution in [1.82, 2.24) is 0 Å². The predicted octanol–water partition coefficient (Wildman–Crippen LogP) is 7.74. The number of hydrogen-bond acceptors (Lipinski definition) is 1. The maximum absolute atomic E-state index is 4.80. The van der Waals surface area contributed by atoms with Gasteiger partial charge in [-0.1, -0.05) is 62.6 Å². The molecular formula is C26H33N. The van der Waals surface area contributed by atoms with Crippen LogP contribution < -0.4 is 0 Å². The molecule has 1 heteroatoms. The molecule has 142 valence electrons. The van der Waals surface area contributed by atoms with Gasteiger partial charge in [0.1, 0.15) is 0 Å². The second kappa shape index (κ2) is 10.7. The van der Waals surface area contributed by atoms with Gasteiger partial charge >= 0.3 is 0 Å². The highest BCUT2D eigenvalue weighted by molar-refractivity contribution is 6.01. The van der Waals surface area contributed by atoms with Crippen LogP contribution in [0.3, 0.4) is 0 Å². The number of nitrogens with zero attached hydrogens (tertiary/aromatic N) is 1. The van der Waals surface area contributed by atoms with Crippen molar-refractivity contribution in [3.05, 3.63) is 95.3 Å². The molecule has 0 aliphatic heterocycles. The largest absolute Gasteiger partial charge is 0.253 e. The molecule has 0 heterocycles. The summed E-state index contributed by atoms with van der Waals surface area (Å²) in [5, 5.41) is 0. The number of rotatable bonds is 7. The second-order valence-corrected chi connectivity index (χ2v) is 7.12. The lowest BCUT2D eigenvalue weighted by Gasteiger charge is -2.14. The van der Waals surface area contributed by atoms with Crippen molar-refractivity contribution in [2.75, 3.05) is 0 Å². The Labute approximate surface area is 165 Å². The summed E-state index contributed by atoms with van der Waals surface area (Å²) in [6.45, 7) is 14.6. The zero-order chi connectivity index (χ0) is 19.6. The van der Waals surface area contributed by atoms with E-state index in [2.05, 4.69) is 70.4 Å². The predicted molar refractivity (Wildman–Crippen MR) is 121 cm³/mol. The second-order valence-electron chi connectivity index (χ2n) is 7.12. The van der Waals surface area contributed by atoms with Gasteiger partial charge in [0.2, 0.25) is 0 Å². The summed E-state index contributed by atoms with van der Waals surface area (Å²) in [6.07, 6.45) is 24.0. The molecule has 0 unspecified atom stereocenters. The van der Waals surface area contributed by atoms with Crippen LogP contribution in [-0.4, -0.2) is 5.71 Å². The molecule has 0 amide bonds. The van der Waals surface area contributed by atoms with Crippen LogP contribution in [0.5, 0.6) is 0 Å². The standard InChI is InChI=1S/C26H33N/c1-6-14-25(22(5)27-21(4)24-16-11-9-12-17-24)19-23(7-2)26-18-13-8-10-15-20(26)3/h6,10-11,14-17,19H,1,5,7-9,12-13,18H2,2-4H3/b23-19+,25-14+,27-21?. The van der Waals surface area contributed by atoms with E-state index in [1.165, 1.54) is 28.7 Å². The Bertz CT molecular complexity index is 788. The van der Waals surface area contributed by atoms with Gasteiger partial charge in [-0.2, -0.15) is 0 Å². The highest BCUT2D eigenvalue weighted by Gasteiger charge is 2.11. The molecule has 0 spiro atoms. The molecule has 1 nitrogen and oxygen atoms in total. The first-order valence-corrected chi connectivity index (χ1v) is 10.1. The fourth-order valence-electron chi connectivity index (χ4n) is 3.53. The van der Waals surface area contributed by atoms with Crippen LogP contribution in [0.4, 0.5) is 0 Å². The fraction of sp³-hybridized carbons (Fsp3) is 0.346. The smallest absolute Gasteiger partial charge is 0.0633 e. The molecule has 0 radical (unpaired) electrons. The van der Waals surface area contributed by atoms with Crippen LogP contribution in [0, 0.1) is 0 Å². The molecule has 0 bridgehead atoms. The molecule has 0 saturated heterocycles. The summed E-state index contributed by atoms with van der Waals surface area (Å²) >= 11 is 0. The average Bonchev–Trinajstić information content (AvgIpc) is 2.90. The Balaban J connectivity index is 2.34. The summed E-state index contributed by atoms with van der Waals surface area (Å²) in [6, 6.07) is 0. The van der Waals surface area contributed by atoms with Gasteiger partial charge in [-0.3, -0.25) is 4.99 Å². The number of aliphatic imine (C=N–C) groups is 1. The summed E-state index contributed by atoms with van der Waals surface area (Å²) in [4.78, 5) is 4.80. The normalized spacial score (nSPS) is 19.1. The van der Waals surface area contributed by atoms with E-state index in [1.54, 1.807) is 0 Å². The van der Waals surface area contributed by atoms with Gasteiger partial charge in [0.15, 0.2) is 0 Å². The van der Waals surface area contributed by atoms with Crippen LogP contribution in [-0.2, 0) is 0 Å². The van der Waals surface area contributed by atoms with Gasteiger partial charge < -0.3 is 0 Å². The van der Waals surface area contributed by atoms with E-state index in [-0.39, 0.29) is 0 Å². The average molecular weight is 360 g/mol. The van der Waals surface area contributed by atoms with Crippen molar-refractivity contribution in [1.29, 1.82) is 0 Å². The minimum absolute atomic E-state index is 0.792. The van der Waals surface area contributed by atoms with E-state index in [9.17, 15) is 0 Å². The summed E-state index contributed by atoms with van der Waals surface area (Å²) < 4.78 is 0. The Morgan fingerprint density at radius 2 is 1.96 bits per heavy atom. The Kier molecular flexibility index (Phi) is 8.26.